The molecule has 1 aromatic carbocycles. The second-order valence-electron chi connectivity index (χ2n) is 6.94. The van der Waals surface area contributed by atoms with E-state index in [1.54, 1.807) is 38.6 Å². The highest BCUT2D eigenvalue weighted by Gasteiger charge is 2.15. The Morgan fingerprint density at radius 1 is 1.06 bits per heavy atom. The summed E-state index contributed by atoms with van der Waals surface area (Å²) in [5.74, 6) is 2.69. The van der Waals surface area contributed by atoms with Crippen molar-refractivity contribution < 1.29 is 19.0 Å². The number of methoxy groups -OCH3 is 2. The van der Waals surface area contributed by atoms with Gasteiger partial charge in [-0.1, -0.05) is 6.92 Å². The van der Waals surface area contributed by atoms with E-state index in [0.29, 0.717) is 40.2 Å². The van der Waals surface area contributed by atoms with Crippen molar-refractivity contribution in [2.45, 2.75) is 25.8 Å². The van der Waals surface area contributed by atoms with Gasteiger partial charge in [-0.15, -0.1) is 5.11 Å². The van der Waals surface area contributed by atoms with E-state index in [0.717, 1.165) is 11.8 Å². The third-order valence-electron chi connectivity index (χ3n) is 4.78. The number of nitrogens with zero attached hydrogens (tertiary/aromatic N) is 5. The fourth-order valence-corrected chi connectivity index (χ4v) is 3.13. The molecule has 32 heavy (non-hydrogen) atoms. The Balaban J connectivity index is 1.45. The average Bonchev–Trinajstić information content (AvgIpc) is 3.27. The van der Waals surface area contributed by atoms with Crippen LogP contribution in [0.2, 0.25) is 0 Å². The number of carbonyl (C=O) groups is 1. The molecule has 3 aromatic rings. The third kappa shape index (κ3) is 4.64. The van der Waals surface area contributed by atoms with Crippen LogP contribution in [0.4, 0.5) is 0 Å². The summed E-state index contributed by atoms with van der Waals surface area (Å²) in [4.78, 5) is 25.0. The van der Waals surface area contributed by atoms with Crippen LogP contribution in [0.3, 0.4) is 0 Å². The molecule has 0 spiro atoms. The van der Waals surface area contributed by atoms with Gasteiger partial charge in [0.15, 0.2) is 23.1 Å². The monoisotopic (exact) mass is 434 g/mol. The van der Waals surface area contributed by atoms with Crippen LogP contribution in [0.15, 0.2) is 58.9 Å². The summed E-state index contributed by atoms with van der Waals surface area (Å²) < 4.78 is 16.7. The highest BCUT2D eigenvalue weighted by molar-refractivity contribution is 5.88. The van der Waals surface area contributed by atoms with Gasteiger partial charge in [-0.05, 0) is 24.6 Å². The molecule has 10 nitrogen and oxygen atoms in total. The Kier molecular flexibility index (Phi) is 6.20. The van der Waals surface area contributed by atoms with Crippen LogP contribution in [-0.4, -0.2) is 41.1 Å². The van der Waals surface area contributed by atoms with Gasteiger partial charge in [0.2, 0.25) is 5.91 Å². The summed E-state index contributed by atoms with van der Waals surface area (Å²) in [6.45, 7) is 2.00. The number of ether oxygens (including phenoxy) is 3. The summed E-state index contributed by atoms with van der Waals surface area (Å²) in [5.41, 5.74) is 0.693. The molecule has 0 aliphatic carbocycles. The number of azo groups is 1. The van der Waals surface area contributed by atoms with E-state index >= 15 is 0 Å². The maximum atomic E-state index is 12.2. The number of carbonyl (C=O) groups excluding carboxylic acids is 1. The van der Waals surface area contributed by atoms with Gasteiger partial charge in [0, 0.05) is 17.6 Å². The Hall–Kier alpha value is -4.08. The van der Waals surface area contributed by atoms with Gasteiger partial charge < -0.3 is 19.5 Å². The lowest BCUT2D eigenvalue weighted by Crippen LogP contribution is -2.24. The van der Waals surface area contributed by atoms with Crippen LogP contribution >= 0.6 is 0 Å². The van der Waals surface area contributed by atoms with Crippen molar-refractivity contribution >= 4 is 16.8 Å². The molecular weight excluding hydrogens is 412 g/mol. The van der Waals surface area contributed by atoms with E-state index in [9.17, 15) is 4.79 Å². The minimum Gasteiger partial charge on any atom is -0.493 e. The summed E-state index contributed by atoms with van der Waals surface area (Å²) in [7, 11) is 3.14. The number of nitrogens with one attached hydrogen (secondary N) is 1. The fraction of sp³-hybridized carbons (Fsp3) is 0.273. The van der Waals surface area contributed by atoms with E-state index < -0.39 is 0 Å². The fourth-order valence-electron chi connectivity index (χ4n) is 3.13. The SMILES string of the molecule is CCC1C=C(NC(=O)Cc2ncc(Oc3ccnc4cc(OC)c(OC)cc34)cn2)N=N1. The highest BCUT2D eigenvalue weighted by atomic mass is 16.5. The van der Waals surface area contributed by atoms with Crippen molar-refractivity contribution in [2.75, 3.05) is 14.2 Å². The largest absolute Gasteiger partial charge is 0.493 e. The number of benzene rings is 1. The maximum absolute atomic E-state index is 12.2. The topological polar surface area (TPSA) is 120 Å². The number of hydrogen-bond donors (Lipinski definition) is 1. The molecule has 1 unspecified atom stereocenters. The van der Waals surface area contributed by atoms with Crippen LogP contribution in [0.1, 0.15) is 19.2 Å². The second-order valence-corrected chi connectivity index (χ2v) is 6.94. The molecule has 3 heterocycles. The Morgan fingerprint density at radius 2 is 1.81 bits per heavy atom. The van der Waals surface area contributed by atoms with Crippen LogP contribution in [-0.2, 0) is 11.2 Å². The van der Waals surface area contributed by atoms with Crippen molar-refractivity contribution in [3.8, 4) is 23.0 Å². The molecule has 1 aliphatic rings. The van der Waals surface area contributed by atoms with Gasteiger partial charge in [0.25, 0.3) is 0 Å². The molecule has 0 bridgehead atoms. The molecule has 2 aromatic heterocycles. The molecule has 0 saturated heterocycles. The van der Waals surface area contributed by atoms with Crippen LogP contribution < -0.4 is 19.5 Å². The van der Waals surface area contributed by atoms with Gasteiger partial charge in [0.05, 0.1) is 44.6 Å². The first-order valence-corrected chi connectivity index (χ1v) is 10.0. The van der Waals surface area contributed by atoms with Crippen molar-refractivity contribution in [3.63, 3.8) is 0 Å². The van der Waals surface area contributed by atoms with Crippen molar-refractivity contribution in [3.05, 3.63) is 54.5 Å². The number of fused-ring (bicyclic) bond motifs is 1. The minimum absolute atomic E-state index is 0.0130. The highest BCUT2D eigenvalue weighted by Crippen LogP contribution is 2.36. The smallest absolute Gasteiger partial charge is 0.233 e. The zero-order valence-electron chi connectivity index (χ0n) is 17.9. The van der Waals surface area contributed by atoms with Crippen molar-refractivity contribution in [1.29, 1.82) is 0 Å². The van der Waals surface area contributed by atoms with Crippen LogP contribution in [0, 0.1) is 0 Å². The van der Waals surface area contributed by atoms with Crippen molar-refractivity contribution in [2.24, 2.45) is 10.2 Å². The van der Waals surface area contributed by atoms with E-state index in [4.69, 9.17) is 14.2 Å². The van der Waals surface area contributed by atoms with Gasteiger partial charge >= 0.3 is 0 Å². The standard InChI is InChI=1S/C22H22N6O4/c1-4-13-7-21(28-27-13)26-22(29)10-20-24-11-14(12-25-20)32-17-5-6-23-16-9-19(31-3)18(30-2)8-15(16)17/h5-9,11-13H,4,10H2,1-3H3,(H,26,29). The number of pyridine rings is 1. The normalized spacial score (nSPS) is 14.8. The minimum atomic E-state index is -0.262. The first-order valence-electron chi connectivity index (χ1n) is 10.0. The zero-order chi connectivity index (χ0) is 22.5. The molecule has 4 rings (SSSR count). The molecule has 1 N–H and O–H groups in total. The zero-order valence-corrected chi connectivity index (χ0v) is 17.9. The van der Waals surface area contributed by atoms with Crippen molar-refractivity contribution in [1.82, 2.24) is 20.3 Å². The van der Waals surface area contributed by atoms with E-state index in [1.165, 1.54) is 12.4 Å². The molecule has 0 saturated carbocycles. The van der Waals surface area contributed by atoms with Gasteiger partial charge in [-0.2, -0.15) is 5.11 Å². The molecule has 0 radical (unpaired) electrons. The third-order valence-corrected chi connectivity index (χ3v) is 4.78. The number of amides is 1. The number of hydrogen-bond acceptors (Lipinski definition) is 9. The first kappa shape index (κ1) is 21.2. The summed E-state index contributed by atoms with van der Waals surface area (Å²) in [5, 5.41) is 11.4. The quantitative estimate of drug-likeness (QED) is 0.575. The van der Waals surface area contributed by atoms with Gasteiger partial charge in [-0.3, -0.25) is 9.78 Å². The lowest BCUT2D eigenvalue weighted by atomic mass is 10.2. The second kappa shape index (κ2) is 9.38. The van der Waals surface area contributed by atoms with E-state index in [2.05, 4.69) is 30.5 Å². The van der Waals surface area contributed by atoms with Gasteiger partial charge in [-0.25, -0.2) is 9.97 Å². The average molecular weight is 434 g/mol. The lowest BCUT2D eigenvalue weighted by Gasteiger charge is -2.12. The summed E-state index contributed by atoms with van der Waals surface area (Å²) in [6.07, 6.45) is 7.34. The Labute approximate surface area is 184 Å². The Bertz CT molecular complexity index is 1190. The summed E-state index contributed by atoms with van der Waals surface area (Å²) >= 11 is 0. The van der Waals surface area contributed by atoms with Crippen LogP contribution in [0.5, 0.6) is 23.0 Å². The van der Waals surface area contributed by atoms with E-state index in [-0.39, 0.29) is 18.4 Å². The van der Waals surface area contributed by atoms with E-state index in [1.807, 2.05) is 13.0 Å². The number of rotatable bonds is 8. The molecular formula is C22H22N6O4. The molecule has 1 aliphatic heterocycles. The summed E-state index contributed by atoms with van der Waals surface area (Å²) in [6, 6.07) is 5.33. The lowest BCUT2D eigenvalue weighted by molar-refractivity contribution is -0.119. The predicted molar refractivity (Wildman–Crippen MR) is 116 cm³/mol. The predicted octanol–water partition coefficient (Wildman–Crippen LogP) is 3.58. The van der Waals surface area contributed by atoms with Crippen LogP contribution in [0.25, 0.3) is 10.9 Å². The van der Waals surface area contributed by atoms with Gasteiger partial charge in [0.1, 0.15) is 11.6 Å². The molecule has 1 amide bonds. The molecule has 0 fully saturated rings. The number of aromatic nitrogens is 3. The molecule has 1 atom stereocenters. The first-order chi connectivity index (χ1) is 15.6. The molecule has 10 heteroatoms. The molecule has 164 valence electrons. The Morgan fingerprint density at radius 3 is 2.50 bits per heavy atom. The maximum Gasteiger partial charge on any atom is 0.233 e.